The van der Waals surface area contributed by atoms with E-state index in [1.54, 1.807) is 30.7 Å². The highest BCUT2D eigenvalue weighted by atomic mass is 16.5. The van der Waals surface area contributed by atoms with E-state index < -0.39 is 5.97 Å². The molecule has 19 heavy (non-hydrogen) atoms. The Bertz CT molecular complexity index is 659. The maximum atomic E-state index is 10.9. The summed E-state index contributed by atoms with van der Waals surface area (Å²) in [6.07, 6.45) is 7.09. The molecule has 0 saturated heterocycles. The van der Waals surface area contributed by atoms with Gasteiger partial charge < -0.3 is 14.4 Å². The van der Waals surface area contributed by atoms with Crippen molar-refractivity contribution in [3.63, 3.8) is 0 Å². The zero-order chi connectivity index (χ0) is 13.4. The van der Waals surface area contributed by atoms with Gasteiger partial charge in [0.25, 0.3) is 0 Å². The summed E-state index contributed by atoms with van der Waals surface area (Å²) < 4.78 is 7.67. The molecule has 5 nitrogen and oxygen atoms in total. The molecule has 1 unspecified atom stereocenters. The van der Waals surface area contributed by atoms with Crippen molar-refractivity contribution in [1.29, 1.82) is 0 Å². The van der Waals surface area contributed by atoms with E-state index in [-0.39, 0.29) is 11.7 Å². The minimum Gasteiger partial charge on any atom is -0.484 e. The molecule has 0 saturated carbocycles. The second-order valence-corrected chi connectivity index (χ2v) is 4.36. The first kappa shape index (κ1) is 11.5. The second-order valence-electron chi connectivity index (χ2n) is 4.36. The maximum Gasteiger partial charge on any atom is 0.335 e. The lowest BCUT2D eigenvalue weighted by Crippen LogP contribution is -2.21. The molecule has 1 aliphatic rings. The van der Waals surface area contributed by atoms with Gasteiger partial charge in [-0.15, -0.1) is 0 Å². The van der Waals surface area contributed by atoms with Crippen molar-refractivity contribution in [2.75, 3.05) is 0 Å². The lowest BCUT2D eigenvalue weighted by atomic mass is 10.0. The van der Waals surface area contributed by atoms with Crippen LogP contribution in [0.5, 0.6) is 5.75 Å². The topological polar surface area (TPSA) is 64.3 Å². The molecular weight excluding hydrogens is 244 g/mol. The van der Waals surface area contributed by atoms with E-state index in [1.165, 1.54) is 0 Å². The summed E-state index contributed by atoms with van der Waals surface area (Å²) in [7, 11) is 0. The van der Waals surface area contributed by atoms with Gasteiger partial charge in [-0.3, -0.25) is 0 Å². The molecule has 0 aliphatic carbocycles. The van der Waals surface area contributed by atoms with E-state index >= 15 is 0 Å². The van der Waals surface area contributed by atoms with Gasteiger partial charge in [-0.25, -0.2) is 9.78 Å². The van der Waals surface area contributed by atoms with Gasteiger partial charge in [0.2, 0.25) is 0 Å². The number of rotatable bonds is 2. The zero-order valence-electron chi connectivity index (χ0n) is 10.3. The van der Waals surface area contributed by atoms with Crippen LogP contribution in [0.2, 0.25) is 0 Å². The Labute approximate surface area is 109 Å². The van der Waals surface area contributed by atoms with Gasteiger partial charge in [0.1, 0.15) is 11.9 Å². The molecule has 0 spiro atoms. The summed E-state index contributed by atoms with van der Waals surface area (Å²) in [5, 5.41) is 8.97. The van der Waals surface area contributed by atoms with Crippen LogP contribution in [0.3, 0.4) is 0 Å². The minimum absolute atomic E-state index is 0.161. The largest absolute Gasteiger partial charge is 0.484 e. The normalized spacial score (nSPS) is 17.3. The van der Waals surface area contributed by atoms with Gasteiger partial charge in [-0.05, 0) is 25.1 Å². The number of aromatic nitrogens is 2. The highest BCUT2D eigenvalue weighted by molar-refractivity contribution is 5.89. The third-order valence-electron chi connectivity index (χ3n) is 3.09. The standard InChI is InChI=1S/C14H12N2O3/c1-9-12(16-5-4-15-8-16)6-10-2-3-11(14(17)18)7-13(10)19-9/h2-9H,1H3,(H,17,18). The fourth-order valence-corrected chi connectivity index (χ4v) is 2.11. The molecule has 1 N–H and O–H groups in total. The number of imidazole rings is 1. The van der Waals surface area contributed by atoms with Crippen molar-refractivity contribution in [3.05, 3.63) is 48.0 Å². The fourth-order valence-electron chi connectivity index (χ4n) is 2.11. The van der Waals surface area contributed by atoms with Gasteiger partial charge >= 0.3 is 5.97 Å². The van der Waals surface area contributed by atoms with Crippen molar-refractivity contribution < 1.29 is 14.6 Å². The number of aromatic carboxylic acids is 1. The van der Waals surface area contributed by atoms with E-state index in [9.17, 15) is 4.79 Å². The first-order valence-corrected chi connectivity index (χ1v) is 5.89. The Kier molecular flexibility index (Phi) is 2.59. The molecular formula is C14H12N2O3. The van der Waals surface area contributed by atoms with Crippen LogP contribution >= 0.6 is 0 Å². The van der Waals surface area contributed by atoms with Crippen molar-refractivity contribution in [2.24, 2.45) is 0 Å². The summed E-state index contributed by atoms with van der Waals surface area (Å²) in [6.45, 7) is 1.92. The van der Waals surface area contributed by atoms with E-state index in [2.05, 4.69) is 4.98 Å². The van der Waals surface area contributed by atoms with Gasteiger partial charge in [0.05, 0.1) is 17.6 Å². The second kappa shape index (κ2) is 4.28. The SMILES string of the molecule is CC1Oc2cc(C(=O)O)ccc2C=C1n1ccnc1. The number of nitrogens with zero attached hydrogens (tertiary/aromatic N) is 2. The number of benzene rings is 1. The molecule has 0 bridgehead atoms. The molecule has 0 fully saturated rings. The van der Waals surface area contributed by atoms with E-state index in [0.29, 0.717) is 5.75 Å². The summed E-state index contributed by atoms with van der Waals surface area (Å²) in [5.41, 5.74) is 2.06. The van der Waals surface area contributed by atoms with E-state index in [0.717, 1.165) is 11.3 Å². The van der Waals surface area contributed by atoms with Crippen molar-refractivity contribution >= 4 is 17.7 Å². The Morgan fingerprint density at radius 1 is 1.47 bits per heavy atom. The molecule has 96 valence electrons. The first-order chi connectivity index (χ1) is 9.15. The predicted molar refractivity (Wildman–Crippen MR) is 69.9 cm³/mol. The minimum atomic E-state index is -0.955. The van der Waals surface area contributed by atoms with Crippen molar-refractivity contribution in [3.8, 4) is 5.75 Å². The first-order valence-electron chi connectivity index (χ1n) is 5.89. The van der Waals surface area contributed by atoms with E-state index in [1.807, 2.05) is 23.8 Å². The monoisotopic (exact) mass is 256 g/mol. The molecule has 0 radical (unpaired) electrons. The Hall–Kier alpha value is -2.56. The molecule has 5 heteroatoms. The molecule has 1 atom stereocenters. The Morgan fingerprint density at radius 3 is 3.00 bits per heavy atom. The quantitative estimate of drug-likeness (QED) is 0.895. The molecule has 3 rings (SSSR count). The van der Waals surface area contributed by atoms with Gasteiger partial charge in [-0.2, -0.15) is 0 Å². The predicted octanol–water partition coefficient (Wildman–Crippen LogP) is 2.36. The third kappa shape index (κ3) is 1.99. The number of carbonyl (C=O) groups is 1. The van der Waals surface area contributed by atoms with Crippen molar-refractivity contribution in [2.45, 2.75) is 13.0 Å². The molecule has 0 amide bonds. The zero-order valence-corrected chi connectivity index (χ0v) is 10.3. The Morgan fingerprint density at radius 2 is 2.32 bits per heavy atom. The Balaban J connectivity index is 2.06. The van der Waals surface area contributed by atoms with Crippen molar-refractivity contribution in [1.82, 2.24) is 9.55 Å². The summed E-state index contributed by atoms with van der Waals surface area (Å²) in [6, 6.07) is 4.87. The third-order valence-corrected chi connectivity index (χ3v) is 3.09. The molecule has 1 aliphatic heterocycles. The van der Waals surface area contributed by atoms with Crippen LogP contribution < -0.4 is 4.74 Å². The van der Waals surface area contributed by atoms with Gasteiger partial charge in [-0.1, -0.05) is 6.07 Å². The summed E-state index contributed by atoms with van der Waals surface area (Å²) in [5.74, 6) is -0.361. The van der Waals surface area contributed by atoms with Crippen LogP contribution in [0, 0.1) is 0 Å². The van der Waals surface area contributed by atoms with Crippen LogP contribution in [-0.4, -0.2) is 26.7 Å². The van der Waals surface area contributed by atoms with E-state index in [4.69, 9.17) is 9.84 Å². The molecule has 2 aromatic rings. The smallest absolute Gasteiger partial charge is 0.335 e. The molecule has 2 heterocycles. The summed E-state index contributed by atoms with van der Waals surface area (Å²) in [4.78, 5) is 14.9. The number of fused-ring (bicyclic) bond motifs is 1. The lowest BCUT2D eigenvalue weighted by Gasteiger charge is -2.25. The van der Waals surface area contributed by atoms with Crippen LogP contribution in [0.25, 0.3) is 11.8 Å². The van der Waals surface area contributed by atoms with Gasteiger partial charge in [0.15, 0.2) is 0 Å². The van der Waals surface area contributed by atoms with Crippen LogP contribution in [-0.2, 0) is 0 Å². The summed E-state index contributed by atoms with van der Waals surface area (Å²) >= 11 is 0. The number of hydrogen-bond donors (Lipinski definition) is 1. The van der Waals surface area contributed by atoms with Crippen LogP contribution in [0.4, 0.5) is 0 Å². The fraction of sp³-hybridized carbons (Fsp3) is 0.143. The maximum absolute atomic E-state index is 10.9. The number of hydrogen-bond acceptors (Lipinski definition) is 3. The average molecular weight is 256 g/mol. The highest BCUT2D eigenvalue weighted by Crippen LogP contribution is 2.32. The van der Waals surface area contributed by atoms with Crippen LogP contribution in [0.15, 0.2) is 36.9 Å². The highest BCUT2D eigenvalue weighted by Gasteiger charge is 2.21. The number of carboxylic acid groups (broad SMARTS) is 1. The average Bonchev–Trinajstić information content (AvgIpc) is 2.90. The number of ether oxygens (including phenoxy) is 1. The number of carboxylic acids is 1. The molecule has 1 aromatic carbocycles. The molecule has 1 aromatic heterocycles. The lowest BCUT2D eigenvalue weighted by molar-refractivity contribution is 0.0696. The van der Waals surface area contributed by atoms with Gasteiger partial charge in [0, 0.05) is 18.0 Å². The van der Waals surface area contributed by atoms with Crippen LogP contribution in [0.1, 0.15) is 22.8 Å².